The molecule has 24 heavy (non-hydrogen) atoms. The highest BCUT2D eigenvalue weighted by Gasteiger charge is 2.35. The summed E-state index contributed by atoms with van der Waals surface area (Å²) in [5.74, 6) is -15.4. The highest BCUT2D eigenvalue weighted by Crippen LogP contribution is 2.25. The van der Waals surface area contributed by atoms with Gasteiger partial charge in [0.1, 0.15) is 11.1 Å². The Morgan fingerprint density at radius 2 is 0.917 bits per heavy atom. The second-order valence-electron chi connectivity index (χ2n) is 4.24. The van der Waals surface area contributed by atoms with Crippen molar-refractivity contribution in [3.05, 3.63) is 34.4 Å². The minimum atomic E-state index is -2.27. The van der Waals surface area contributed by atoms with Crippen molar-refractivity contribution in [1.29, 1.82) is 0 Å². The summed E-state index contributed by atoms with van der Waals surface area (Å²) >= 11 is 0. The molecule has 6 nitrogen and oxygen atoms in total. The zero-order chi connectivity index (χ0) is 18.6. The van der Waals surface area contributed by atoms with Crippen LogP contribution in [0.4, 0.5) is 17.6 Å². The Bertz CT molecular complexity index is 638. The Balaban J connectivity index is 3.40. The molecule has 0 amide bonds. The van der Waals surface area contributed by atoms with E-state index in [1.54, 1.807) is 0 Å². The van der Waals surface area contributed by atoms with Gasteiger partial charge in [-0.3, -0.25) is 9.59 Å². The highest BCUT2D eigenvalue weighted by molar-refractivity contribution is 6.00. The van der Waals surface area contributed by atoms with Crippen molar-refractivity contribution in [3.63, 3.8) is 0 Å². The monoisotopic (exact) mass is 350 g/mol. The third-order valence-electron chi connectivity index (χ3n) is 2.66. The van der Waals surface area contributed by atoms with Gasteiger partial charge >= 0.3 is 23.9 Å². The Kier molecular flexibility index (Phi) is 6.15. The van der Waals surface area contributed by atoms with Crippen molar-refractivity contribution in [2.75, 3.05) is 0 Å². The molecule has 0 heterocycles. The third kappa shape index (κ3) is 3.76. The van der Waals surface area contributed by atoms with E-state index >= 15 is 0 Å². The van der Waals surface area contributed by atoms with Gasteiger partial charge in [0.2, 0.25) is 0 Å². The van der Waals surface area contributed by atoms with Gasteiger partial charge in [-0.2, -0.15) is 0 Å². The van der Waals surface area contributed by atoms with Crippen LogP contribution < -0.4 is 0 Å². The topological polar surface area (TPSA) is 86.7 Å². The molecule has 1 rings (SSSR count). The molecular weight excluding hydrogens is 340 g/mol. The molecule has 0 aliphatic carbocycles. The molecule has 0 fully saturated rings. The molecule has 0 radical (unpaired) electrons. The maximum atomic E-state index is 13.8. The van der Waals surface area contributed by atoms with E-state index in [1.807, 2.05) is 0 Å². The van der Waals surface area contributed by atoms with E-state index < -0.39 is 58.3 Å². The normalized spacial score (nSPS) is 10.2. The van der Waals surface area contributed by atoms with Crippen LogP contribution in [0.25, 0.3) is 0 Å². The smallest absolute Gasteiger partial charge is 0.352 e. The average Bonchev–Trinajstić information content (AvgIpc) is 2.52. The number of rotatable bonds is 4. The molecule has 0 aliphatic heterocycles. The van der Waals surface area contributed by atoms with Crippen LogP contribution in [0, 0.1) is 23.3 Å². The van der Waals surface area contributed by atoms with Crippen molar-refractivity contribution in [3.8, 4) is 0 Å². The van der Waals surface area contributed by atoms with Crippen LogP contribution in [-0.2, 0) is 19.1 Å². The van der Waals surface area contributed by atoms with Crippen molar-refractivity contribution in [2.24, 2.45) is 0 Å². The van der Waals surface area contributed by atoms with E-state index in [0.29, 0.717) is 0 Å². The summed E-state index contributed by atoms with van der Waals surface area (Å²) in [6.07, 6.45) is -0.688. The van der Waals surface area contributed by atoms with Gasteiger partial charge in [0.25, 0.3) is 0 Å². The summed E-state index contributed by atoms with van der Waals surface area (Å²) in [5, 5.41) is 0. The molecule has 0 spiro atoms. The number of esters is 4. The molecule has 0 aliphatic rings. The first kappa shape index (κ1) is 19.3. The Morgan fingerprint density at radius 3 is 1.12 bits per heavy atom. The summed E-state index contributed by atoms with van der Waals surface area (Å²) in [6.45, 7) is 2.51. The molecule has 1 aromatic rings. The number of hydrogen-bond donors (Lipinski definition) is 0. The maximum Gasteiger partial charge on any atom is 0.352 e. The summed E-state index contributed by atoms with van der Waals surface area (Å²) < 4.78 is 63.2. The Hall–Kier alpha value is -2.78. The SMILES string of the molecule is CCC(=O)OC(=O)c1c(F)c(F)c(C(=O)OC(=O)CC)c(F)c1F. The predicted octanol–water partition coefficient (Wildman–Crippen LogP) is 2.43. The van der Waals surface area contributed by atoms with Gasteiger partial charge in [0.15, 0.2) is 23.3 Å². The molecule has 0 saturated heterocycles. The summed E-state index contributed by atoms with van der Waals surface area (Å²) in [7, 11) is 0. The van der Waals surface area contributed by atoms with Crippen LogP contribution in [0.2, 0.25) is 0 Å². The van der Waals surface area contributed by atoms with Crippen LogP contribution >= 0.6 is 0 Å². The van der Waals surface area contributed by atoms with Gasteiger partial charge in [-0.1, -0.05) is 13.8 Å². The molecule has 0 unspecified atom stereocenters. The summed E-state index contributed by atoms with van der Waals surface area (Å²) in [5.41, 5.74) is -3.66. The highest BCUT2D eigenvalue weighted by atomic mass is 19.2. The molecule has 1 aromatic carbocycles. The number of benzene rings is 1. The lowest BCUT2D eigenvalue weighted by Crippen LogP contribution is -2.22. The zero-order valence-corrected chi connectivity index (χ0v) is 12.4. The molecule has 0 N–H and O–H groups in total. The van der Waals surface area contributed by atoms with Gasteiger partial charge in [-0.05, 0) is 0 Å². The minimum absolute atomic E-state index is 0.344. The lowest BCUT2D eigenvalue weighted by Gasteiger charge is -2.10. The molecule has 0 bridgehead atoms. The number of ether oxygens (including phenoxy) is 2. The van der Waals surface area contributed by atoms with Crippen molar-refractivity contribution < 1.29 is 46.2 Å². The zero-order valence-electron chi connectivity index (χ0n) is 12.4. The van der Waals surface area contributed by atoms with Crippen molar-refractivity contribution >= 4 is 23.9 Å². The standard InChI is InChI=1S/C14H10F4O6/c1-3-5(19)23-13(21)7-9(15)11(17)8(12(18)10(7)16)14(22)24-6(20)4-2/h3-4H2,1-2H3. The molecule has 0 saturated carbocycles. The van der Waals surface area contributed by atoms with E-state index in [2.05, 4.69) is 9.47 Å². The number of halogens is 4. The first-order valence-electron chi connectivity index (χ1n) is 6.51. The molecule has 0 aromatic heterocycles. The van der Waals surface area contributed by atoms with Gasteiger partial charge in [0.05, 0.1) is 0 Å². The number of carbonyl (C=O) groups excluding carboxylic acids is 4. The minimum Gasteiger partial charge on any atom is -0.389 e. The lowest BCUT2D eigenvalue weighted by molar-refractivity contribution is -0.138. The molecule has 130 valence electrons. The predicted molar refractivity (Wildman–Crippen MR) is 67.7 cm³/mol. The summed E-state index contributed by atoms with van der Waals surface area (Å²) in [6, 6.07) is 0. The van der Waals surface area contributed by atoms with E-state index in [9.17, 15) is 36.7 Å². The van der Waals surface area contributed by atoms with Gasteiger partial charge in [-0.15, -0.1) is 0 Å². The van der Waals surface area contributed by atoms with Crippen molar-refractivity contribution in [2.45, 2.75) is 26.7 Å². The van der Waals surface area contributed by atoms with Gasteiger partial charge in [0, 0.05) is 12.8 Å². The molecule has 10 heteroatoms. The lowest BCUT2D eigenvalue weighted by atomic mass is 10.1. The van der Waals surface area contributed by atoms with E-state index in [-0.39, 0.29) is 12.8 Å². The van der Waals surface area contributed by atoms with Crippen molar-refractivity contribution in [1.82, 2.24) is 0 Å². The Morgan fingerprint density at radius 1 is 0.667 bits per heavy atom. The number of carbonyl (C=O) groups is 4. The van der Waals surface area contributed by atoms with Crippen LogP contribution in [0.3, 0.4) is 0 Å². The second kappa shape index (κ2) is 7.66. The Labute approximate surface area is 132 Å². The van der Waals surface area contributed by atoms with Crippen LogP contribution in [-0.4, -0.2) is 23.9 Å². The summed E-state index contributed by atoms with van der Waals surface area (Å²) in [4.78, 5) is 44.7. The average molecular weight is 350 g/mol. The molecule has 0 atom stereocenters. The van der Waals surface area contributed by atoms with E-state index in [4.69, 9.17) is 0 Å². The number of hydrogen-bond acceptors (Lipinski definition) is 6. The fourth-order valence-electron chi connectivity index (χ4n) is 1.44. The quantitative estimate of drug-likeness (QED) is 0.359. The third-order valence-corrected chi connectivity index (χ3v) is 2.66. The fourth-order valence-corrected chi connectivity index (χ4v) is 1.44. The van der Waals surface area contributed by atoms with E-state index in [0.717, 1.165) is 0 Å². The first-order chi connectivity index (χ1) is 11.1. The molecular formula is C14H10F4O6. The largest absolute Gasteiger partial charge is 0.389 e. The van der Waals surface area contributed by atoms with Crippen LogP contribution in [0.1, 0.15) is 47.4 Å². The van der Waals surface area contributed by atoms with E-state index in [1.165, 1.54) is 13.8 Å². The van der Waals surface area contributed by atoms with Gasteiger partial charge < -0.3 is 9.47 Å². The first-order valence-corrected chi connectivity index (χ1v) is 6.51. The van der Waals surface area contributed by atoms with Crippen LogP contribution in [0.15, 0.2) is 0 Å². The van der Waals surface area contributed by atoms with Crippen LogP contribution in [0.5, 0.6) is 0 Å². The second-order valence-corrected chi connectivity index (χ2v) is 4.24. The van der Waals surface area contributed by atoms with Gasteiger partial charge in [-0.25, -0.2) is 27.2 Å². The maximum absolute atomic E-state index is 13.8. The fraction of sp³-hybridized carbons (Fsp3) is 0.286.